The van der Waals surface area contributed by atoms with Gasteiger partial charge in [0.2, 0.25) is 0 Å². The molecule has 1 aliphatic rings. The van der Waals surface area contributed by atoms with Crippen LogP contribution in [0.4, 0.5) is 9.93 Å². The Morgan fingerprint density at radius 2 is 1.85 bits per heavy atom. The van der Waals surface area contributed by atoms with Crippen LogP contribution in [0.5, 0.6) is 0 Å². The number of hydrogen-bond acceptors (Lipinski definition) is 7. The topological polar surface area (TPSA) is 108 Å². The SMILES string of the molecule is O=C(NC(=O)c1ccccc1Cl)Nc1nc2ccc(S(=O)(=O)CCCN3CCCCC3)cc2s1. The number of aromatic nitrogens is 1. The van der Waals surface area contributed by atoms with E-state index in [0.29, 0.717) is 16.6 Å². The highest BCUT2D eigenvalue weighted by atomic mass is 35.5. The third kappa shape index (κ3) is 6.12. The first-order valence-electron chi connectivity index (χ1n) is 11.0. The number of imide groups is 1. The third-order valence-corrected chi connectivity index (χ3v) is 8.68. The Morgan fingerprint density at radius 1 is 1.09 bits per heavy atom. The maximum atomic E-state index is 12.8. The number of nitrogens with one attached hydrogen (secondary N) is 2. The predicted molar refractivity (Wildman–Crippen MR) is 135 cm³/mol. The molecule has 2 aromatic carbocycles. The number of piperidine rings is 1. The molecule has 2 heterocycles. The Bertz CT molecular complexity index is 1300. The van der Waals surface area contributed by atoms with Gasteiger partial charge >= 0.3 is 6.03 Å². The number of hydrogen-bond donors (Lipinski definition) is 2. The first kappa shape index (κ1) is 24.6. The number of benzene rings is 2. The second kappa shape index (κ2) is 10.8. The zero-order valence-corrected chi connectivity index (χ0v) is 20.8. The van der Waals surface area contributed by atoms with Crippen molar-refractivity contribution in [2.45, 2.75) is 30.6 Å². The number of fused-ring (bicyclic) bond motifs is 1. The largest absolute Gasteiger partial charge is 0.327 e. The van der Waals surface area contributed by atoms with Gasteiger partial charge in [0.1, 0.15) is 0 Å². The number of halogens is 1. The van der Waals surface area contributed by atoms with Crippen molar-refractivity contribution < 1.29 is 18.0 Å². The summed E-state index contributed by atoms with van der Waals surface area (Å²) in [5.41, 5.74) is 0.740. The lowest BCUT2D eigenvalue weighted by Crippen LogP contribution is -2.34. The first-order valence-corrected chi connectivity index (χ1v) is 13.9. The normalized spacial score (nSPS) is 14.7. The zero-order chi connectivity index (χ0) is 24.1. The highest BCUT2D eigenvalue weighted by molar-refractivity contribution is 7.91. The lowest BCUT2D eigenvalue weighted by atomic mass is 10.1. The number of anilines is 1. The van der Waals surface area contributed by atoms with Gasteiger partial charge in [-0.1, -0.05) is 41.5 Å². The van der Waals surface area contributed by atoms with Gasteiger partial charge in [-0.2, -0.15) is 0 Å². The van der Waals surface area contributed by atoms with Crippen LogP contribution < -0.4 is 10.6 Å². The summed E-state index contributed by atoms with van der Waals surface area (Å²) < 4.78 is 26.3. The molecule has 0 unspecified atom stereocenters. The van der Waals surface area contributed by atoms with Crippen LogP contribution in [0.3, 0.4) is 0 Å². The molecule has 0 saturated carbocycles. The van der Waals surface area contributed by atoms with Crippen LogP contribution in [0, 0.1) is 0 Å². The fraction of sp³-hybridized carbons (Fsp3) is 0.348. The molecule has 4 rings (SSSR count). The maximum Gasteiger partial charge on any atom is 0.327 e. The van der Waals surface area contributed by atoms with Crippen LogP contribution in [0.15, 0.2) is 47.4 Å². The molecule has 1 aliphatic heterocycles. The fourth-order valence-electron chi connectivity index (χ4n) is 3.88. The number of likely N-dealkylation sites (tertiary alicyclic amines) is 1. The van der Waals surface area contributed by atoms with E-state index in [1.807, 2.05) is 0 Å². The van der Waals surface area contributed by atoms with Crippen molar-refractivity contribution in [1.82, 2.24) is 15.2 Å². The summed E-state index contributed by atoms with van der Waals surface area (Å²) in [7, 11) is -3.42. The summed E-state index contributed by atoms with van der Waals surface area (Å²) in [5.74, 6) is -0.548. The van der Waals surface area contributed by atoms with Gasteiger partial charge in [-0.05, 0) is 69.2 Å². The monoisotopic (exact) mass is 520 g/mol. The maximum absolute atomic E-state index is 12.8. The molecule has 180 valence electrons. The lowest BCUT2D eigenvalue weighted by Gasteiger charge is -2.26. The Morgan fingerprint density at radius 3 is 2.62 bits per heavy atom. The number of carbonyl (C=O) groups excluding carboxylic acids is 2. The molecule has 1 fully saturated rings. The summed E-state index contributed by atoms with van der Waals surface area (Å²) in [4.78, 5) is 31.3. The molecule has 3 aromatic rings. The van der Waals surface area contributed by atoms with E-state index >= 15 is 0 Å². The van der Waals surface area contributed by atoms with Gasteiger partial charge in [-0.3, -0.25) is 15.4 Å². The molecule has 11 heteroatoms. The second-order valence-electron chi connectivity index (χ2n) is 8.11. The van der Waals surface area contributed by atoms with Crippen molar-refractivity contribution in [3.05, 3.63) is 53.1 Å². The predicted octanol–water partition coefficient (Wildman–Crippen LogP) is 4.56. The van der Waals surface area contributed by atoms with E-state index < -0.39 is 21.8 Å². The van der Waals surface area contributed by atoms with E-state index in [0.717, 1.165) is 31.0 Å². The van der Waals surface area contributed by atoms with E-state index in [-0.39, 0.29) is 26.4 Å². The Hall–Kier alpha value is -2.53. The van der Waals surface area contributed by atoms with Gasteiger partial charge in [0.05, 0.1) is 31.5 Å². The first-order chi connectivity index (χ1) is 16.3. The van der Waals surface area contributed by atoms with Crippen LogP contribution in [0.2, 0.25) is 5.02 Å². The van der Waals surface area contributed by atoms with Crippen molar-refractivity contribution in [3.63, 3.8) is 0 Å². The van der Waals surface area contributed by atoms with Crippen LogP contribution in [-0.4, -0.2) is 55.6 Å². The van der Waals surface area contributed by atoms with Gasteiger partial charge in [0, 0.05) is 0 Å². The molecule has 3 amide bonds. The van der Waals surface area contributed by atoms with E-state index in [2.05, 4.69) is 20.5 Å². The summed E-state index contributed by atoms with van der Waals surface area (Å²) in [6.45, 7) is 2.87. The van der Waals surface area contributed by atoms with Gasteiger partial charge in [0.25, 0.3) is 5.91 Å². The van der Waals surface area contributed by atoms with Gasteiger partial charge in [-0.15, -0.1) is 0 Å². The van der Waals surface area contributed by atoms with E-state index in [1.165, 1.54) is 25.3 Å². The van der Waals surface area contributed by atoms with Crippen molar-refractivity contribution in [3.8, 4) is 0 Å². The molecule has 2 N–H and O–H groups in total. The number of sulfone groups is 1. The van der Waals surface area contributed by atoms with Crippen LogP contribution in [0.1, 0.15) is 36.0 Å². The third-order valence-electron chi connectivity index (χ3n) is 5.62. The molecule has 0 radical (unpaired) electrons. The number of carbonyl (C=O) groups is 2. The Labute approximate surface area is 207 Å². The summed E-state index contributed by atoms with van der Waals surface area (Å²) in [6, 6.07) is 10.4. The Kier molecular flexibility index (Phi) is 7.82. The second-order valence-corrected chi connectivity index (χ2v) is 11.7. The number of thiazole rings is 1. The molecule has 0 atom stereocenters. The van der Waals surface area contributed by atoms with E-state index in [1.54, 1.807) is 36.4 Å². The van der Waals surface area contributed by atoms with Crippen LogP contribution in [-0.2, 0) is 9.84 Å². The average Bonchev–Trinajstić information content (AvgIpc) is 3.21. The minimum atomic E-state index is -3.42. The smallest absolute Gasteiger partial charge is 0.303 e. The minimum Gasteiger partial charge on any atom is -0.303 e. The summed E-state index contributed by atoms with van der Waals surface area (Å²) in [6.07, 6.45) is 4.20. The number of rotatable bonds is 7. The fourth-order valence-corrected chi connectivity index (χ4v) is 6.39. The van der Waals surface area contributed by atoms with E-state index in [9.17, 15) is 18.0 Å². The highest BCUT2D eigenvalue weighted by Crippen LogP contribution is 2.29. The molecule has 8 nitrogen and oxygen atoms in total. The number of urea groups is 1. The molecular formula is C23H25ClN4O4S2. The molecule has 0 spiro atoms. The average molecular weight is 521 g/mol. The van der Waals surface area contributed by atoms with Crippen molar-refractivity contribution in [2.75, 3.05) is 30.7 Å². The van der Waals surface area contributed by atoms with Gasteiger partial charge in [-0.25, -0.2) is 18.2 Å². The number of amides is 3. The number of nitrogens with zero attached hydrogens (tertiary/aromatic N) is 2. The van der Waals surface area contributed by atoms with Gasteiger partial charge < -0.3 is 4.90 Å². The van der Waals surface area contributed by atoms with Crippen molar-refractivity contribution in [1.29, 1.82) is 0 Å². The highest BCUT2D eigenvalue weighted by Gasteiger charge is 2.19. The van der Waals surface area contributed by atoms with Crippen molar-refractivity contribution >= 4 is 60.1 Å². The molecule has 1 aromatic heterocycles. The van der Waals surface area contributed by atoms with Crippen molar-refractivity contribution in [2.24, 2.45) is 0 Å². The summed E-state index contributed by atoms with van der Waals surface area (Å²) in [5, 5.41) is 5.21. The van der Waals surface area contributed by atoms with Gasteiger partial charge in [0.15, 0.2) is 15.0 Å². The quantitative estimate of drug-likeness (QED) is 0.472. The lowest BCUT2D eigenvalue weighted by molar-refractivity contribution is 0.0967. The standard InChI is InChI=1S/C23H25ClN4O4S2/c24-18-8-3-2-7-17(18)21(29)26-22(30)27-23-25-19-10-9-16(15-20(19)33-23)34(31,32)14-6-13-28-11-4-1-5-12-28/h2-3,7-10,15H,1,4-6,11-14H2,(H2,25,26,27,29,30). The Balaban J connectivity index is 1.37. The molecule has 0 aliphatic carbocycles. The molecule has 0 bridgehead atoms. The zero-order valence-electron chi connectivity index (χ0n) is 18.4. The minimum absolute atomic E-state index is 0.0888. The van der Waals surface area contributed by atoms with E-state index in [4.69, 9.17) is 11.6 Å². The molecule has 34 heavy (non-hydrogen) atoms. The van der Waals surface area contributed by atoms with Crippen LogP contribution >= 0.6 is 22.9 Å². The van der Waals surface area contributed by atoms with Crippen LogP contribution in [0.25, 0.3) is 10.2 Å². The summed E-state index contributed by atoms with van der Waals surface area (Å²) >= 11 is 7.12. The molecular weight excluding hydrogens is 496 g/mol. The molecule has 1 saturated heterocycles.